The van der Waals surface area contributed by atoms with Crippen molar-refractivity contribution in [1.29, 1.82) is 5.39 Å². The molecule has 5 heteroatoms. The van der Waals surface area contributed by atoms with Gasteiger partial charge in [-0.1, -0.05) is 0 Å². The number of hydrogen-bond donors (Lipinski definition) is 0. The fourth-order valence-electron chi connectivity index (χ4n) is 1.38. The van der Waals surface area contributed by atoms with Crippen molar-refractivity contribution in [3.05, 3.63) is 28.2 Å². The van der Waals surface area contributed by atoms with Gasteiger partial charge in [0.05, 0.1) is 0 Å². The van der Waals surface area contributed by atoms with Gasteiger partial charge in [-0.15, -0.1) is 0 Å². The molecule has 0 saturated carbocycles. The van der Waals surface area contributed by atoms with Crippen molar-refractivity contribution in [2.24, 2.45) is 0 Å². The summed E-state index contributed by atoms with van der Waals surface area (Å²) in [7, 11) is 4.00. The van der Waals surface area contributed by atoms with Crippen LogP contribution in [0.15, 0.2) is 12.1 Å². The maximum Gasteiger partial charge on any atom is 2.00 e. The second-order valence-corrected chi connectivity index (χ2v) is 3.42. The summed E-state index contributed by atoms with van der Waals surface area (Å²) < 4.78 is 0. The molecule has 0 saturated heterocycles. The first kappa shape index (κ1) is 16.8. The van der Waals surface area contributed by atoms with Crippen molar-refractivity contribution in [2.75, 3.05) is 19.0 Å². The fraction of sp³-hybridized carbons (Fsp3) is 0.400. The van der Waals surface area contributed by atoms with E-state index in [4.69, 9.17) is 5.39 Å². The van der Waals surface area contributed by atoms with Gasteiger partial charge >= 0.3 is 25.2 Å². The molecule has 0 N–H and O–H groups in total. The molecule has 0 heterocycles. The van der Waals surface area contributed by atoms with Crippen LogP contribution < -0.4 is 17.3 Å². The Bertz CT molecular complexity index is 372. The molecule has 3 nitrogen and oxygen atoms in total. The Balaban J connectivity index is 0. The Hall–Kier alpha value is -0.647. The van der Waals surface area contributed by atoms with Crippen LogP contribution in [0.3, 0.4) is 0 Å². The molecule has 76 valence electrons. The van der Waals surface area contributed by atoms with Gasteiger partial charge in [0.1, 0.15) is 0 Å². The van der Waals surface area contributed by atoms with Crippen LogP contribution in [-0.2, 0) is 19.5 Å². The van der Waals surface area contributed by atoms with Gasteiger partial charge in [0.25, 0.3) is 0 Å². The average molecular weight is 277 g/mol. The Morgan fingerprint density at radius 3 is 2.07 bits per heavy atom. The predicted octanol–water partition coefficient (Wildman–Crippen LogP) is -0.144. The third kappa shape index (κ3) is 3.77. The van der Waals surface area contributed by atoms with Crippen LogP contribution in [0, 0.1) is 19.2 Å². The van der Waals surface area contributed by atoms with Crippen LogP contribution in [0.1, 0.15) is 11.1 Å². The van der Waals surface area contributed by atoms with Crippen molar-refractivity contribution < 1.29 is 31.9 Å². The SMILES string of the molecule is Cc1cc(N(C)C)c(C)cc1[N+]#N.[Cl-].[Zn+2]. The van der Waals surface area contributed by atoms with Gasteiger partial charge in [-0.05, 0) is 25.5 Å². The van der Waals surface area contributed by atoms with E-state index >= 15 is 0 Å². The molecule has 1 rings (SSSR count). The summed E-state index contributed by atoms with van der Waals surface area (Å²) >= 11 is 0. The largest absolute Gasteiger partial charge is 2.00 e. The quantitative estimate of drug-likeness (QED) is 0.528. The van der Waals surface area contributed by atoms with Gasteiger partial charge in [-0.25, -0.2) is 0 Å². The minimum Gasteiger partial charge on any atom is -1.00 e. The molecule has 0 atom stereocenters. The monoisotopic (exact) mass is 275 g/mol. The van der Waals surface area contributed by atoms with E-state index in [1.165, 1.54) is 0 Å². The summed E-state index contributed by atoms with van der Waals surface area (Å²) in [5.41, 5.74) is 3.90. The molecule has 1 aromatic rings. The van der Waals surface area contributed by atoms with Crippen LogP contribution in [0.2, 0.25) is 0 Å². The Morgan fingerprint density at radius 2 is 1.67 bits per heavy atom. The fourth-order valence-corrected chi connectivity index (χ4v) is 1.38. The van der Waals surface area contributed by atoms with Crippen molar-refractivity contribution >= 4 is 11.4 Å². The van der Waals surface area contributed by atoms with Crippen LogP contribution in [0.4, 0.5) is 11.4 Å². The van der Waals surface area contributed by atoms with Gasteiger partial charge in [0, 0.05) is 31.4 Å². The second kappa shape index (κ2) is 6.77. The van der Waals surface area contributed by atoms with Gasteiger partial charge in [-0.2, -0.15) is 0 Å². The van der Waals surface area contributed by atoms with Crippen molar-refractivity contribution in [2.45, 2.75) is 13.8 Å². The molecule has 0 aliphatic heterocycles. The molecule has 0 aromatic heterocycles. The topological polar surface area (TPSA) is 31.4 Å². The Labute approximate surface area is 110 Å². The first-order chi connectivity index (χ1) is 6.06. The van der Waals surface area contributed by atoms with Crippen molar-refractivity contribution in [1.82, 2.24) is 0 Å². The normalized spacial score (nSPS) is 8.20. The van der Waals surface area contributed by atoms with E-state index in [9.17, 15) is 0 Å². The minimum atomic E-state index is 0. The smallest absolute Gasteiger partial charge is 1.00 e. The van der Waals surface area contributed by atoms with Crippen LogP contribution in [-0.4, -0.2) is 14.1 Å². The molecule has 0 aliphatic rings. The van der Waals surface area contributed by atoms with Gasteiger partial charge in [-0.3, -0.25) is 0 Å². The number of anilines is 1. The molecule has 0 radical (unpaired) electrons. The van der Waals surface area contributed by atoms with Crippen molar-refractivity contribution in [3.8, 4) is 0 Å². The zero-order valence-electron chi connectivity index (χ0n) is 9.58. The Morgan fingerprint density at radius 1 is 1.13 bits per heavy atom. The minimum absolute atomic E-state index is 0. The van der Waals surface area contributed by atoms with E-state index in [2.05, 4.69) is 4.98 Å². The zero-order valence-corrected chi connectivity index (χ0v) is 13.3. The number of rotatable bonds is 1. The molecular weight excluding hydrogens is 263 g/mol. The van der Waals surface area contributed by atoms with Crippen molar-refractivity contribution in [3.63, 3.8) is 0 Å². The molecule has 1 aromatic carbocycles. The predicted molar refractivity (Wildman–Crippen MR) is 55.0 cm³/mol. The second-order valence-electron chi connectivity index (χ2n) is 3.42. The molecular formula is C10H14ClN3Zn+2. The first-order valence-corrected chi connectivity index (χ1v) is 4.20. The summed E-state index contributed by atoms with van der Waals surface area (Å²) in [6.45, 7) is 3.94. The molecule has 0 amide bonds. The first-order valence-electron chi connectivity index (χ1n) is 4.20. The third-order valence-electron chi connectivity index (χ3n) is 2.10. The summed E-state index contributed by atoms with van der Waals surface area (Å²) in [4.78, 5) is 5.26. The summed E-state index contributed by atoms with van der Waals surface area (Å²) in [6, 6.07) is 3.90. The number of benzene rings is 1. The van der Waals surface area contributed by atoms with E-state index < -0.39 is 0 Å². The van der Waals surface area contributed by atoms with E-state index in [1.807, 2.05) is 45.0 Å². The number of nitrogens with zero attached hydrogens (tertiary/aromatic N) is 3. The number of halogens is 1. The van der Waals surface area contributed by atoms with E-state index in [-0.39, 0.29) is 31.9 Å². The Kier molecular flexibility index (Phi) is 7.57. The molecule has 15 heavy (non-hydrogen) atoms. The summed E-state index contributed by atoms with van der Waals surface area (Å²) in [6.07, 6.45) is 0. The molecule has 0 unspecified atom stereocenters. The molecule has 0 bridgehead atoms. The molecule has 0 aliphatic carbocycles. The maximum absolute atomic E-state index is 8.68. The third-order valence-corrected chi connectivity index (χ3v) is 2.10. The zero-order chi connectivity index (χ0) is 10.0. The van der Waals surface area contributed by atoms with E-state index in [0.717, 1.165) is 16.8 Å². The van der Waals surface area contributed by atoms with Gasteiger partial charge < -0.3 is 17.3 Å². The maximum atomic E-state index is 8.68. The van der Waals surface area contributed by atoms with E-state index in [0.29, 0.717) is 5.69 Å². The van der Waals surface area contributed by atoms with Crippen LogP contribution in [0.25, 0.3) is 4.98 Å². The standard InChI is InChI=1S/C10H14N3.ClH.Zn/c1-7-6-10(13(3)4)8(2)5-9(7)12-11;;/h5-6H,1-4H3;1H;/q+1;;+2/p-1. The summed E-state index contributed by atoms with van der Waals surface area (Å²) in [5.74, 6) is 0. The molecule has 0 spiro atoms. The van der Waals surface area contributed by atoms with Crippen LogP contribution >= 0.6 is 0 Å². The number of diazo groups is 1. The molecule has 0 fully saturated rings. The average Bonchev–Trinajstić information content (AvgIpc) is 2.07. The van der Waals surface area contributed by atoms with E-state index in [1.54, 1.807) is 0 Å². The van der Waals surface area contributed by atoms with Gasteiger partial charge in [0.2, 0.25) is 5.39 Å². The van der Waals surface area contributed by atoms with Gasteiger partial charge in [0.15, 0.2) is 4.98 Å². The van der Waals surface area contributed by atoms with Crippen LogP contribution in [0.5, 0.6) is 0 Å². The number of aryl methyl sites for hydroxylation is 2. The summed E-state index contributed by atoms with van der Waals surface area (Å²) in [5, 5.41) is 8.68. The number of hydrogen-bond acceptors (Lipinski definition) is 2.